The van der Waals surface area contributed by atoms with Crippen molar-refractivity contribution in [2.45, 2.75) is 32.6 Å². The molecule has 0 aliphatic rings. The molecular weight excluding hydrogens is 176 g/mol. The fraction of sp³-hybridized carbons (Fsp3) is 0.750. The Morgan fingerprint density at radius 1 is 1.22 bits per heavy atom. The Morgan fingerprint density at radius 3 is 2.56 bits per heavy atom. The molecule has 0 radical (unpaired) electrons. The van der Waals surface area contributed by atoms with Crippen LogP contribution in [0.2, 0.25) is 0 Å². The van der Waals surface area contributed by atoms with Crippen molar-refractivity contribution in [3.8, 4) is 0 Å². The molecule has 0 bridgehead atoms. The average Bonchev–Trinajstić information content (AvgIpc) is 1.89. The molecule has 0 N–H and O–H groups in total. The van der Waals surface area contributed by atoms with Gasteiger partial charge in [0.05, 0.1) is 0 Å². The summed E-state index contributed by atoms with van der Waals surface area (Å²) >= 11 is 3.40. The largest absolute Gasteiger partial charge is 0.0928 e. The predicted molar refractivity (Wildman–Crippen MR) is 47.1 cm³/mol. The van der Waals surface area contributed by atoms with Crippen molar-refractivity contribution >= 4 is 15.9 Å². The molecule has 0 aromatic rings. The Hall–Kier alpha value is 0.220. The van der Waals surface area contributed by atoms with Crippen molar-refractivity contribution in [1.29, 1.82) is 0 Å². The number of allylic oxidation sites excluding steroid dienone is 2. The van der Waals surface area contributed by atoms with Crippen LogP contribution in [0.5, 0.6) is 0 Å². The highest BCUT2D eigenvalue weighted by Gasteiger charge is 1.83. The van der Waals surface area contributed by atoms with Crippen molar-refractivity contribution in [3.63, 3.8) is 0 Å². The SMILES string of the molecule is C/C=C\CCCCCBr. The highest BCUT2D eigenvalue weighted by atomic mass is 79.9. The zero-order chi connectivity index (χ0) is 6.95. The Labute approximate surface area is 66.5 Å². The van der Waals surface area contributed by atoms with Crippen molar-refractivity contribution in [3.05, 3.63) is 12.2 Å². The maximum atomic E-state index is 3.40. The lowest BCUT2D eigenvalue weighted by Crippen LogP contribution is -1.75. The molecule has 1 heteroatoms. The van der Waals surface area contributed by atoms with Crippen molar-refractivity contribution in [1.82, 2.24) is 0 Å². The summed E-state index contributed by atoms with van der Waals surface area (Å²) in [4.78, 5) is 0. The maximum absolute atomic E-state index is 3.40. The normalized spacial score (nSPS) is 10.9. The van der Waals surface area contributed by atoms with Crippen LogP contribution in [0.4, 0.5) is 0 Å². The van der Waals surface area contributed by atoms with Gasteiger partial charge in [-0.2, -0.15) is 0 Å². The van der Waals surface area contributed by atoms with Crippen LogP contribution in [0, 0.1) is 0 Å². The second-order valence-electron chi connectivity index (χ2n) is 2.11. The van der Waals surface area contributed by atoms with Crippen molar-refractivity contribution in [2.24, 2.45) is 0 Å². The Balaban J connectivity index is 2.75. The molecule has 0 fully saturated rings. The molecule has 0 unspecified atom stereocenters. The van der Waals surface area contributed by atoms with Crippen LogP contribution in [-0.2, 0) is 0 Å². The number of hydrogen-bond donors (Lipinski definition) is 0. The van der Waals surface area contributed by atoms with Gasteiger partial charge in [0, 0.05) is 5.33 Å². The molecule has 0 rings (SSSR count). The quantitative estimate of drug-likeness (QED) is 0.354. The molecule has 0 saturated heterocycles. The summed E-state index contributed by atoms with van der Waals surface area (Å²) in [6.45, 7) is 2.07. The van der Waals surface area contributed by atoms with Crippen molar-refractivity contribution < 1.29 is 0 Å². The predicted octanol–water partition coefficient (Wildman–Crippen LogP) is 3.52. The summed E-state index contributed by atoms with van der Waals surface area (Å²) in [7, 11) is 0. The van der Waals surface area contributed by atoms with E-state index in [0.717, 1.165) is 5.33 Å². The lowest BCUT2D eigenvalue weighted by Gasteiger charge is -1.91. The molecule has 0 amide bonds. The van der Waals surface area contributed by atoms with Crippen LogP contribution < -0.4 is 0 Å². The summed E-state index contributed by atoms with van der Waals surface area (Å²) in [6.07, 6.45) is 9.62. The Bertz CT molecular complexity index is 67.0. The molecule has 0 aliphatic heterocycles. The van der Waals surface area contributed by atoms with Crippen LogP contribution in [0.25, 0.3) is 0 Å². The topological polar surface area (TPSA) is 0 Å². The van der Waals surface area contributed by atoms with Crippen LogP contribution in [0.15, 0.2) is 12.2 Å². The molecule has 0 heterocycles. The highest BCUT2D eigenvalue weighted by molar-refractivity contribution is 9.09. The number of alkyl halides is 1. The lowest BCUT2D eigenvalue weighted by molar-refractivity contribution is 0.736. The van der Waals surface area contributed by atoms with E-state index in [9.17, 15) is 0 Å². The first kappa shape index (κ1) is 9.22. The van der Waals surface area contributed by atoms with Crippen LogP contribution in [-0.4, -0.2) is 5.33 Å². The first-order valence-corrected chi connectivity index (χ1v) is 4.71. The molecule has 0 atom stereocenters. The third-order valence-corrected chi connectivity index (χ3v) is 1.80. The molecule has 0 aromatic carbocycles. The van der Waals surface area contributed by atoms with E-state index in [1.54, 1.807) is 0 Å². The van der Waals surface area contributed by atoms with Gasteiger partial charge in [-0.15, -0.1) is 0 Å². The van der Waals surface area contributed by atoms with E-state index in [1.807, 2.05) is 0 Å². The standard InChI is InChI=1S/C8H15Br/c1-2-3-4-5-6-7-8-9/h2-3H,4-8H2,1H3/b3-2-. The van der Waals surface area contributed by atoms with E-state index in [4.69, 9.17) is 0 Å². The zero-order valence-corrected chi connectivity index (χ0v) is 7.65. The van der Waals surface area contributed by atoms with Crippen LogP contribution in [0.1, 0.15) is 32.6 Å². The monoisotopic (exact) mass is 190 g/mol. The fourth-order valence-corrected chi connectivity index (χ4v) is 1.10. The first-order chi connectivity index (χ1) is 4.41. The van der Waals surface area contributed by atoms with E-state index in [1.165, 1.54) is 25.7 Å². The summed E-state index contributed by atoms with van der Waals surface area (Å²) in [6, 6.07) is 0. The number of rotatable bonds is 5. The fourth-order valence-electron chi connectivity index (χ4n) is 0.700. The molecule has 0 aliphatic carbocycles. The smallest absolute Gasteiger partial charge is 0.00313 e. The highest BCUT2D eigenvalue weighted by Crippen LogP contribution is 2.01. The molecule has 9 heavy (non-hydrogen) atoms. The third kappa shape index (κ3) is 8.22. The Kier molecular flexibility index (Phi) is 8.42. The molecule has 0 spiro atoms. The van der Waals surface area contributed by atoms with Gasteiger partial charge in [-0.3, -0.25) is 0 Å². The van der Waals surface area contributed by atoms with Crippen LogP contribution >= 0.6 is 15.9 Å². The summed E-state index contributed by atoms with van der Waals surface area (Å²) in [5.41, 5.74) is 0. The molecular formula is C8H15Br. The lowest BCUT2D eigenvalue weighted by atomic mass is 10.2. The molecule has 0 nitrogen and oxygen atoms in total. The second-order valence-corrected chi connectivity index (χ2v) is 2.90. The van der Waals surface area contributed by atoms with Crippen molar-refractivity contribution in [2.75, 3.05) is 5.33 Å². The van der Waals surface area contributed by atoms with Gasteiger partial charge in [0.15, 0.2) is 0 Å². The van der Waals surface area contributed by atoms with Gasteiger partial charge in [0.25, 0.3) is 0 Å². The van der Waals surface area contributed by atoms with Crippen LogP contribution in [0.3, 0.4) is 0 Å². The number of hydrogen-bond acceptors (Lipinski definition) is 0. The minimum absolute atomic E-state index is 1.16. The van der Waals surface area contributed by atoms with E-state index < -0.39 is 0 Å². The summed E-state index contributed by atoms with van der Waals surface area (Å²) < 4.78 is 0. The van der Waals surface area contributed by atoms with Gasteiger partial charge in [-0.05, 0) is 26.2 Å². The molecule has 54 valence electrons. The number of halogens is 1. The second kappa shape index (κ2) is 8.22. The minimum atomic E-state index is 1.16. The maximum Gasteiger partial charge on any atom is 0.00313 e. The third-order valence-electron chi connectivity index (χ3n) is 1.24. The molecule has 0 aromatic heterocycles. The Morgan fingerprint density at radius 2 is 2.00 bits per heavy atom. The van der Waals surface area contributed by atoms with E-state index >= 15 is 0 Å². The van der Waals surface area contributed by atoms with Gasteiger partial charge in [-0.25, -0.2) is 0 Å². The summed E-state index contributed by atoms with van der Waals surface area (Å²) in [5.74, 6) is 0. The number of unbranched alkanes of at least 4 members (excludes halogenated alkanes) is 3. The summed E-state index contributed by atoms with van der Waals surface area (Å²) in [5, 5.41) is 1.16. The minimum Gasteiger partial charge on any atom is -0.0928 e. The van der Waals surface area contributed by atoms with E-state index in [0.29, 0.717) is 0 Å². The molecule has 0 saturated carbocycles. The average molecular weight is 191 g/mol. The van der Waals surface area contributed by atoms with Gasteiger partial charge in [0.2, 0.25) is 0 Å². The van der Waals surface area contributed by atoms with Gasteiger partial charge < -0.3 is 0 Å². The van der Waals surface area contributed by atoms with Gasteiger partial charge in [0.1, 0.15) is 0 Å². The van der Waals surface area contributed by atoms with E-state index in [-0.39, 0.29) is 0 Å². The van der Waals surface area contributed by atoms with E-state index in [2.05, 4.69) is 35.0 Å². The first-order valence-electron chi connectivity index (χ1n) is 3.59. The van der Waals surface area contributed by atoms with Gasteiger partial charge in [-0.1, -0.05) is 34.5 Å². The van der Waals surface area contributed by atoms with Gasteiger partial charge >= 0.3 is 0 Å². The zero-order valence-electron chi connectivity index (χ0n) is 6.07.